The quantitative estimate of drug-likeness (QED) is 0.409. The van der Waals surface area contributed by atoms with E-state index in [4.69, 9.17) is 0 Å². The fraction of sp³-hybridized carbons (Fsp3) is 0.500. The number of nitro groups is 1. The van der Waals surface area contributed by atoms with Crippen molar-refractivity contribution in [3.63, 3.8) is 0 Å². The molecule has 4 atom stereocenters. The van der Waals surface area contributed by atoms with Gasteiger partial charge in [0.1, 0.15) is 6.04 Å². The summed E-state index contributed by atoms with van der Waals surface area (Å²) in [6, 6.07) is 5.79. The highest BCUT2D eigenvalue weighted by atomic mass is 16.6. The molecular weight excluding hydrogens is 378 g/mol. The zero-order chi connectivity index (χ0) is 20.5. The van der Waals surface area contributed by atoms with E-state index in [2.05, 4.69) is 26.7 Å². The molecule has 11 nitrogen and oxygen atoms in total. The van der Waals surface area contributed by atoms with Crippen LogP contribution in [0.3, 0.4) is 0 Å². The van der Waals surface area contributed by atoms with E-state index in [0.29, 0.717) is 36.7 Å². The Bertz CT molecular complexity index is 1010. The molecule has 4 rings (SSSR count). The van der Waals surface area contributed by atoms with E-state index in [1.165, 1.54) is 4.57 Å². The molecule has 11 heteroatoms. The van der Waals surface area contributed by atoms with Crippen LogP contribution in [0.15, 0.2) is 29.1 Å². The summed E-state index contributed by atoms with van der Waals surface area (Å²) in [5.74, 6) is -0.309. The van der Waals surface area contributed by atoms with E-state index < -0.39 is 12.1 Å². The summed E-state index contributed by atoms with van der Waals surface area (Å²) >= 11 is 0. The maximum atomic E-state index is 12.7. The van der Waals surface area contributed by atoms with Crippen LogP contribution in [-0.2, 0) is 11.3 Å². The Morgan fingerprint density at radius 2 is 2.14 bits per heavy atom. The first-order valence-electron chi connectivity index (χ1n) is 9.69. The predicted octanol–water partition coefficient (Wildman–Crippen LogP) is 0.150. The van der Waals surface area contributed by atoms with Gasteiger partial charge in [-0.1, -0.05) is 12.1 Å². The van der Waals surface area contributed by atoms with E-state index >= 15 is 0 Å². The largest absolute Gasteiger partial charge is 0.277 e. The van der Waals surface area contributed by atoms with Crippen molar-refractivity contribution in [3.05, 3.63) is 44.7 Å². The van der Waals surface area contributed by atoms with Crippen molar-refractivity contribution in [1.82, 2.24) is 25.8 Å². The Hall–Kier alpha value is -3.05. The number of carbonyl (C=O) groups is 1. The molecule has 1 aliphatic heterocycles. The first-order chi connectivity index (χ1) is 14.0. The second-order valence-electron chi connectivity index (χ2n) is 7.41. The molecule has 0 radical (unpaired) electrons. The van der Waals surface area contributed by atoms with Crippen LogP contribution in [0.25, 0.3) is 10.9 Å². The molecule has 1 aromatic carbocycles. The highest BCUT2D eigenvalue weighted by molar-refractivity contribution is 5.84. The molecule has 4 N–H and O–H groups in total. The van der Waals surface area contributed by atoms with Gasteiger partial charge in [0.05, 0.1) is 10.9 Å². The zero-order valence-electron chi connectivity index (χ0n) is 15.9. The van der Waals surface area contributed by atoms with Crippen LogP contribution in [0.1, 0.15) is 26.2 Å². The summed E-state index contributed by atoms with van der Waals surface area (Å²) < 4.78 is 1.44. The minimum atomic E-state index is -0.631. The minimum Gasteiger partial charge on any atom is -0.277 e. The fourth-order valence-corrected chi connectivity index (χ4v) is 4.24. The van der Waals surface area contributed by atoms with E-state index in [9.17, 15) is 19.7 Å². The second-order valence-corrected chi connectivity index (χ2v) is 7.41. The summed E-state index contributed by atoms with van der Waals surface area (Å²) in [4.78, 5) is 40.7. The number of aromatic nitrogens is 2. The molecule has 2 heterocycles. The lowest BCUT2D eigenvalue weighted by Gasteiger charge is -2.28. The van der Waals surface area contributed by atoms with Crippen molar-refractivity contribution in [3.8, 4) is 0 Å². The molecule has 154 valence electrons. The Kier molecular flexibility index (Phi) is 5.16. The van der Waals surface area contributed by atoms with Crippen molar-refractivity contribution in [2.45, 2.75) is 50.9 Å². The number of benzene rings is 1. The number of para-hydroxylation sites is 1. The van der Waals surface area contributed by atoms with Crippen molar-refractivity contribution in [1.29, 1.82) is 0 Å². The number of amides is 1. The molecule has 1 aromatic heterocycles. The molecule has 2 fully saturated rings. The summed E-state index contributed by atoms with van der Waals surface area (Å²) in [6.07, 6.45) is 1.48. The Labute approximate surface area is 166 Å². The molecule has 4 unspecified atom stereocenters. The van der Waals surface area contributed by atoms with Gasteiger partial charge in [-0.3, -0.25) is 40.5 Å². The monoisotopic (exact) mass is 401 g/mol. The van der Waals surface area contributed by atoms with Crippen LogP contribution < -0.4 is 27.3 Å². The second kappa shape index (κ2) is 7.76. The smallest absolute Gasteiger partial charge is 0.262 e. The van der Waals surface area contributed by atoms with E-state index in [0.717, 1.165) is 0 Å². The molecule has 29 heavy (non-hydrogen) atoms. The number of hydrogen-bond acceptors (Lipinski definition) is 8. The van der Waals surface area contributed by atoms with Crippen molar-refractivity contribution >= 4 is 22.8 Å². The number of carbonyl (C=O) groups excluding carboxylic acids is 1. The number of hydrazine groups is 2. The molecule has 1 amide bonds. The normalized spacial score (nSPS) is 26.1. The van der Waals surface area contributed by atoms with Gasteiger partial charge in [-0.15, -0.1) is 0 Å². The van der Waals surface area contributed by atoms with Gasteiger partial charge in [0.15, 0.2) is 0 Å². The lowest BCUT2D eigenvalue weighted by molar-refractivity contribution is -0.528. The molecule has 0 bridgehead atoms. The summed E-state index contributed by atoms with van der Waals surface area (Å²) in [6.45, 7) is 2.20. The van der Waals surface area contributed by atoms with Crippen LogP contribution in [-0.4, -0.2) is 38.5 Å². The average Bonchev–Trinajstić information content (AvgIpc) is 3.15. The highest BCUT2D eigenvalue weighted by Gasteiger charge is 2.46. The van der Waals surface area contributed by atoms with Crippen molar-refractivity contribution < 1.29 is 9.72 Å². The summed E-state index contributed by atoms with van der Waals surface area (Å²) in [7, 11) is 0. The number of hydrogen-bond donors (Lipinski definition) is 4. The maximum Gasteiger partial charge on any atom is 0.262 e. The third kappa shape index (κ3) is 3.54. The maximum absolute atomic E-state index is 12.7. The Morgan fingerprint density at radius 3 is 2.90 bits per heavy atom. The third-order valence-electron chi connectivity index (χ3n) is 5.78. The van der Waals surface area contributed by atoms with Gasteiger partial charge in [-0.25, -0.2) is 10.4 Å². The first kappa shape index (κ1) is 19.3. The van der Waals surface area contributed by atoms with Crippen LogP contribution in [0, 0.1) is 16.0 Å². The van der Waals surface area contributed by atoms with Crippen LogP contribution >= 0.6 is 0 Å². The fourth-order valence-electron chi connectivity index (χ4n) is 4.24. The number of rotatable bonds is 5. The number of nitrogens with zero attached hydrogens (tertiary/aromatic N) is 3. The number of fused-ring (bicyclic) bond motifs is 2. The van der Waals surface area contributed by atoms with Gasteiger partial charge in [0.2, 0.25) is 12.0 Å². The molecule has 1 aliphatic carbocycles. The van der Waals surface area contributed by atoms with E-state index in [1.807, 2.05) is 6.92 Å². The molecule has 1 saturated carbocycles. The topological polar surface area (TPSA) is 143 Å². The van der Waals surface area contributed by atoms with Gasteiger partial charge in [-0.05, 0) is 25.5 Å². The summed E-state index contributed by atoms with van der Waals surface area (Å²) in [5.41, 5.74) is 11.7. The van der Waals surface area contributed by atoms with Crippen LogP contribution in [0.5, 0.6) is 0 Å². The molecule has 0 spiro atoms. The minimum absolute atomic E-state index is 0.0227. The first-order valence-corrected chi connectivity index (χ1v) is 9.69. The zero-order valence-corrected chi connectivity index (χ0v) is 15.9. The predicted molar refractivity (Wildman–Crippen MR) is 105 cm³/mol. The number of nitrogens with one attached hydrogen (secondary N) is 4. The molecule has 1 saturated heterocycles. The van der Waals surface area contributed by atoms with Crippen LogP contribution in [0.2, 0.25) is 0 Å². The standard InChI is InChI=1S/C18H23N7O4/c1-2-24-17(27)11-5-3-4-6-13(11)19-18(24)23-22-16(26)15-12-9-10(25(28)29)7-8-14(12)20-21-15/h3-6,10,12,14-15,20-21H,2,7-9H2,1H3,(H,19,23)(H,22,26). The van der Waals surface area contributed by atoms with Crippen molar-refractivity contribution in [2.24, 2.45) is 5.92 Å². The lowest BCUT2D eigenvalue weighted by Crippen LogP contribution is -2.49. The number of anilines is 1. The van der Waals surface area contributed by atoms with Crippen molar-refractivity contribution in [2.75, 3.05) is 5.43 Å². The average molecular weight is 401 g/mol. The van der Waals surface area contributed by atoms with E-state index in [-0.39, 0.29) is 34.3 Å². The Morgan fingerprint density at radius 1 is 1.34 bits per heavy atom. The van der Waals surface area contributed by atoms with Crippen LogP contribution in [0.4, 0.5) is 5.95 Å². The molecular formula is C18H23N7O4. The third-order valence-corrected chi connectivity index (χ3v) is 5.78. The molecule has 2 aromatic rings. The highest BCUT2D eigenvalue weighted by Crippen LogP contribution is 2.31. The van der Waals surface area contributed by atoms with Gasteiger partial charge in [0.25, 0.3) is 11.5 Å². The van der Waals surface area contributed by atoms with Gasteiger partial charge in [-0.2, -0.15) is 0 Å². The van der Waals surface area contributed by atoms with Gasteiger partial charge < -0.3 is 0 Å². The lowest BCUT2D eigenvalue weighted by atomic mass is 9.79. The Balaban J connectivity index is 1.50. The SMILES string of the molecule is CCn1c(NNC(=O)C2NNC3CCC([N+](=O)[O-])CC32)nc2ccccc2c1=O. The molecule has 2 aliphatic rings. The van der Waals surface area contributed by atoms with E-state index in [1.54, 1.807) is 24.3 Å². The van der Waals surface area contributed by atoms with Gasteiger partial charge >= 0.3 is 0 Å². The summed E-state index contributed by atoms with van der Waals surface area (Å²) in [5, 5.41) is 11.7. The van der Waals surface area contributed by atoms with Gasteiger partial charge in [0, 0.05) is 36.3 Å².